The first-order valence-corrected chi connectivity index (χ1v) is 9.13. The molecular formula is C18H12BrClN4O3. The maximum absolute atomic E-state index is 12.9. The second kappa shape index (κ2) is 6.47. The maximum Gasteiger partial charge on any atom is 0.328 e. The van der Waals surface area contributed by atoms with Crippen molar-refractivity contribution < 1.29 is 14.4 Å². The largest absolute Gasteiger partial charge is 0.328 e. The summed E-state index contributed by atoms with van der Waals surface area (Å²) < 4.78 is 0.112. The van der Waals surface area contributed by atoms with E-state index in [-0.39, 0.29) is 4.62 Å². The van der Waals surface area contributed by atoms with Crippen LogP contribution in [0.2, 0.25) is 5.02 Å². The van der Waals surface area contributed by atoms with Crippen molar-refractivity contribution in [1.82, 2.24) is 10.6 Å². The molecule has 7 nitrogen and oxygen atoms in total. The molecule has 1 atom stereocenters. The number of carbonyl (C=O) groups excluding carboxylic acids is 3. The summed E-state index contributed by atoms with van der Waals surface area (Å²) in [4.78, 5) is 37.5. The van der Waals surface area contributed by atoms with Crippen molar-refractivity contribution in [3.05, 3.63) is 65.2 Å². The molecule has 27 heavy (non-hydrogen) atoms. The quantitative estimate of drug-likeness (QED) is 0.693. The predicted octanol–water partition coefficient (Wildman–Crippen LogP) is 2.96. The standard InChI is InChI=1S/C18H12BrClN4O3/c19-14-18(15(25)21-17(27)22-16(18)26)13(10-6-8-11(20)9-7-10)24(23-14)12-4-2-1-3-5-12/h1-9,13H,(H2,21,22,25,26,27). The van der Waals surface area contributed by atoms with Gasteiger partial charge in [-0.25, -0.2) is 4.79 Å². The van der Waals surface area contributed by atoms with E-state index in [0.717, 1.165) is 0 Å². The number of nitrogens with zero attached hydrogens (tertiary/aromatic N) is 2. The van der Waals surface area contributed by atoms with Crippen LogP contribution in [0.4, 0.5) is 10.5 Å². The van der Waals surface area contributed by atoms with Crippen LogP contribution in [0, 0.1) is 5.41 Å². The van der Waals surface area contributed by atoms with Crippen LogP contribution in [-0.4, -0.2) is 22.5 Å². The number of anilines is 1. The number of imide groups is 2. The molecule has 0 aliphatic carbocycles. The molecule has 136 valence electrons. The Kier molecular flexibility index (Phi) is 4.24. The van der Waals surface area contributed by atoms with E-state index in [2.05, 4.69) is 31.7 Å². The lowest BCUT2D eigenvalue weighted by Crippen LogP contribution is -2.66. The SMILES string of the molecule is O=C1NC(=O)C2(C(=O)N1)C(Br)=NN(c1ccccc1)C2c1ccc(Cl)cc1. The normalized spacial score (nSPS) is 21.1. The number of para-hydroxylation sites is 1. The third-order valence-electron chi connectivity index (χ3n) is 4.55. The number of urea groups is 1. The van der Waals surface area contributed by atoms with Crippen molar-refractivity contribution in [2.75, 3.05) is 5.01 Å². The number of barbiturate groups is 1. The van der Waals surface area contributed by atoms with E-state index >= 15 is 0 Å². The zero-order valence-corrected chi connectivity index (χ0v) is 16.0. The minimum atomic E-state index is -1.75. The van der Waals surface area contributed by atoms with Gasteiger partial charge >= 0.3 is 6.03 Å². The molecule has 1 fully saturated rings. The molecule has 2 aliphatic heterocycles. The Morgan fingerprint density at radius 2 is 1.56 bits per heavy atom. The van der Waals surface area contributed by atoms with Gasteiger partial charge in [-0.1, -0.05) is 41.9 Å². The van der Waals surface area contributed by atoms with Crippen molar-refractivity contribution in [2.24, 2.45) is 10.5 Å². The molecule has 2 aliphatic rings. The lowest BCUT2D eigenvalue weighted by molar-refractivity contribution is -0.140. The van der Waals surface area contributed by atoms with E-state index in [0.29, 0.717) is 16.3 Å². The first-order chi connectivity index (χ1) is 12.9. The lowest BCUT2D eigenvalue weighted by Gasteiger charge is -2.37. The fourth-order valence-electron chi connectivity index (χ4n) is 3.32. The van der Waals surface area contributed by atoms with E-state index in [4.69, 9.17) is 11.6 Å². The van der Waals surface area contributed by atoms with E-state index in [1.165, 1.54) is 0 Å². The summed E-state index contributed by atoms with van der Waals surface area (Å²) in [6.45, 7) is 0. The molecule has 0 aromatic heterocycles. The molecule has 2 N–H and O–H groups in total. The highest BCUT2D eigenvalue weighted by Gasteiger charge is 2.64. The second-order valence-electron chi connectivity index (χ2n) is 6.07. The molecule has 1 spiro atoms. The Morgan fingerprint density at radius 1 is 0.963 bits per heavy atom. The Balaban J connectivity index is 1.93. The minimum absolute atomic E-state index is 0.112. The first kappa shape index (κ1) is 17.7. The van der Waals surface area contributed by atoms with Crippen LogP contribution in [0.5, 0.6) is 0 Å². The number of halogens is 2. The summed E-state index contributed by atoms with van der Waals surface area (Å²) in [6, 6.07) is 14.2. The number of hydrazone groups is 1. The van der Waals surface area contributed by atoms with Gasteiger partial charge < -0.3 is 0 Å². The molecule has 4 rings (SSSR count). The molecule has 1 saturated heterocycles. The lowest BCUT2D eigenvalue weighted by atomic mass is 9.75. The zero-order valence-electron chi connectivity index (χ0n) is 13.6. The average Bonchev–Trinajstić information content (AvgIpc) is 2.95. The van der Waals surface area contributed by atoms with E-state index in [1.807, 2.05) is 30.3 Å². The van der Waals surface area contributed by atoms with Gasteiger partial charge in [0.2, 0.25) is 5.41 Å². The Morgan fingerprint density at radius 3 is 2.15 bits per heavy atom. The second-order valence-corrected chi connectivity index (χ2v) is 7.26. The number of hydrogen-bond acceptors (Lipinski definition) is 5. The van der Waals surface area contributed by atoms with Gasteiger partial charge in [-0.15, -0.1) is 0 Å². The highest BCUT2D eigenvalue weighted by Crippen LogP contribution is 2.50. The molecule has 0 bridgehead atoms. The number of amides is 4. The smallest absolute Gasteiger partial charge is 0.276 e. The van der Waals surface area contributed by atoms with Crippen LogP contribution < -0.4 is 15.6 Å². The summed E-state index contributed by atoms with van der Waals surface area (Å²) in [5.41, 5.74) is -0.428. The number of benzene rings is 2. The summed E-state index contributed by atoms with van der Waals surface area (Å²) >= 11 is 9.30. The van der Waals surface area contributed by atoms with Gasteiger partial charge in [0.15, 0.2) is 0 Å². The highest BCUT2D eigenvalue weighted by molar-refractivity contribution is 9.18. The first-order valence-electron chi connectivity index (χ1n) is 7.96. The van der Waals surface area contributed by atoms with Gasteiger partial charge in [-0.3, -0.25) is 25.2 Å². The van der Waals surface area contributed by atoms with Crippen molar-refractivity contribution in [2.45, 2.75) is 6.04 Å². The van der Waals surface area contributed by atoms with Crippen molar-refractivity contribution >= 4 is 55.7 Å². The van der Waals surface area contributed by atoms with E-state index in [1.54, 1.807) is 29.3 Å². The summed E-state index contributed by atoms with van der Waals surface area (Å²) in [5, 5.41) is 10.9. The van der Waals surface area contributed by atoms with Crippen LogP contribution >= 0.6 is 27.5 Å². The van der Waals surface area contributed by atoms with Gasteiger partial charge in [0, 0.05) is 5.02 Å². The Bertz CT molecular complexity index is 958. The molecule has 0 radical (unpaired) electrons. The topological polar surface area (TPSA) is 90.9 Å². The number of rotatable bonds is 2. The van der Waals surface area contributed by atoms with E-state index in [9.17, 15) is 14.4 Å². The zero-order chi connectivity index (χ0) is 19.2. The average molecular weight is 448 g/mol. The molecule has 9 heteroatoms. The van der Waals surface area contributed by atoms with Gasteiger partial charge in [0.1, 0.15) is 10.7 Å². The minimum Gasteiger partial charge on any atom is -0.276 e. The van der Waals surface area contributed by atoms with Crippen molar-refractivity contribution in [1.29, 1.82) is 0 Å². The third kappa shape index (κ3) is 2.64. The molecule has 1 unspecified atom stereocenters. The van der Waals surface area contributed by atoms with Gasteiger partial charge in [-0.05, 0) is 45.8 Å². The summed E-state index contributed by atoms with van der Waals surface area (Å²) in [5.74, 6) is -1.49. The number of carbonyl (C=O) groups is 3. The molecule has 2 aromatic carbocycles. The van der Waals surface area contributed by atoms with Crippen molar-refractivity contribution in [3.63, 3.8) is 0 Å². The summed E-state index contributed by atoms with van der Waals surface area (Å²) in [7, 11) is 0. The third-order valence-corrected chi connectivity index (χ3v) is 5.59. The predicted molar refractivity (Wildman–Crippen MR) is 104 cm³/mol. The maximum atomic E-state index is 12.9. The van der Waals surface area contributed by atoms with Crippen LogP contribution in [-0.2, 0) is 9.59 Å². The molecule has 2 heterocycles. The molecule has 0 saturated carbocycles. The van der Waals surface area contributed by atoms with Gasteiger partial charge in [0.05, 0.1) is 5.69 Å². The van der Waals surface area contributed by atoms with Crippen molar-refractivity contribution in [3.8, 4) is 0 Å². The van der Waals surface area contributed by atoms with E-state index < -0.39 is 29.3 Å². The van der Waals surface area contributed by atoms with Crippen LogP contribution in [0.15, 0.2) is 59.7 Å². The Hall–Kier alpha value is -2.71. The summed E-state index contributed by atoms with van der Waals surface area (Å²) in [6.07, 6.45) is 0. The monoisotopic (exact) mass is 446 g/mol. The molecular weight excluding hydrogens is 436 g/mol. The number of nitrogens with one attached hydrogen (secondary N) is 2. The molecule has 4 amide bonds. The molecule has 2 aromatic rings. The van der Waals surface area contributed by atoms with Crippen LogP contribution in [0.25, 0.3) is 0 Å². The van der Waals surface area contributed by atoms with Crippen LogP contribution in [0.1, 0.15) is 11.6 Å². The highest BCUT2D eigenvalue weighted by atomic mass is 79.9. The fourth-order valence-corrected chi connectivity index (χ4v) is 4.20. The Labute approximate surface area is 167 Å². The fraction of sp³-hybridized carbons (Fsp3) is 0.111. The van der Waals surface area contributed by atoms with Gasteiger partial charge in [-0.2, -0.15) is 5.10 Å². The number of hydrogen-bond donors (Lipinski definition) is 2. The van der Waals surface area contributed by atoms with Gasteiger partial charge in [0.25, 0.3) is 11.8 Å². The van der Waals surface area contributed by atoms with Crippen LogP contribution in [0.3, 0.4) is 0 Å².